The van der Waals surface area contributed by atoms with Crippen LogP contribution in [0.2, 0.25) is 0 Å². The third kappa shape index (κ3) is 10.6. The van der Waals surface area contributed by atoms with E-state index >= 15 is 0 Å². The number of carbonyl (C=O) groups is 1. The van der Waals surface area contributed by atoms with Crippen LogP contribution >= 0.6 is 13.5 Å². The van der Waals surface area contributed by atoms with Crippen LogP contribution < -0.4 is 5.73 Å². The van der Waals surface area contributed by atoms with E-state index in [0.717, 1.165) is 6.61 Å². The lowest BCUT2D eigenvalue weighted by atomic mass is 10.1. The molecule has 0 unspecified atom stereocenters. The van der Waals surface area contributed by atoms with Gasteiger partial charge >= 0.3 is 0 Å². The Balaban J connectivity index is 0. The lowest BCUT2D eigenvalue weighted by Gasteiger charge is -2.31. The van der Waals surface area contributed by atoms with Gasteiger partial charge in [-0.1, -0.05) is 6.92 Å². The van der Waals surface area contributed by atoms with Crippen molar-refractivity contribution in [3.8, 4) is 0 Å². The van der Waals surface area contributed by atoms with Gasteiger partial charge in [0.2, 0.25) is 0 Å². The summed E-state index contributed by atoms with van der Waals surface area (Å²) < 4.78 is 5.61. The van der Waals surface area contributed by atoms with Crippen LogP contribution in [0.5, 0.6) is 0 Å². The molecule has 0 bridgehead atoms. The molecular weight excluding hydrogens is 240 g/mol. The highest BCUT2D eigenvalue weighted by Crippen LogP contribution is 2.13. The molecule has 5 nitrogen and oxygen atoms in total. The summed E-state index contributed by atoms with van der Waals surface area (Å²) in [7, 11) is 0. The zero-order chi connectivity index (χ0) is 12.2. The molecule has 3 N–H and O–H groups in total. The molecule has 0 aromatic rings. The molecule has 0 aromatic heterocycles. The molecular formula is C11H26N2O3S. The molecule has 0 spiro atoms. The van der Waals surface area contributed by atoms with E-state index in [1.165, 1.54) is 38.9 Å². The molecule has 17 heavy (non-hydrogen) atoms. The van der Waals surface area contributed by atoms with Gasteiger partial charge in [-0.15, -0.1) is 0 Å². The van der Waals surface area contributed by atoms with Crippen molar-refractivity contribution < 1.29 is 14.6 Å². The minimum Gasteiger partial charge on any atom is -0.483 e. The number of hydrogen-bond acceptors (Lipinski definition) is 4. The first-order chi connectivity index (χ1) is 7.78. The summed E-state index contributed by atoms with van der Waals surface area (Å²) in [5.41, 5.74) is 5.39. The predicted molar refractivity (Wildman–Crippen MR) is 73.8 cm³/mol. The third-order valence-electron chi connectivity index (χ3n) is 2.55. The normalized spacial score (nSPS) is 16.6. The van der Waals surface area contributed by atoms with Crippen LogP contribution in [0.4, 0.5) is 0 Å². The van der Waals surface area contributed by atoms with Crippen LogP contribution in [0.3, 0.4) is 0 Å². The average molecular weight is 266 g/mol. The van der Waals surface area contributed by atoms with Crippen molar-refractivity contribution in [2.24, 2.45) is 5.73 Å². The Kier molecular flexibility index (Phi) is 15.4. The molecule has 0 amide bonds. The van der Waals surface area contributed by atoms with Crippen LogP contribution in [-0.2, 0) is 9.53 Å². The monoisotopic (exact) mass is 266 g/mol. The van der Waals surface area contributed by atoms with Gasteiger partial charge in [0, 0.05) is 19.6 Å². The number of likely N-dealkylation sites (tertiary alicyclic amines) is 1. The fraction of sp³-hybridized carbons (Fsp3) is 0.909. The third-order valence-corrected chi connectivity index (χ3v) is 2.55. The highest BCUT2D eigenvalue weighted by Gasteiger charge is 2.18. The van der Waals surface area contributed by atoms with E-state index < -0.39 is 0 Å². The Morgan fingerprint density at radius 2 is 2.00 bits per heavy atom. The smallest absolute Gasteiger partial charge is 0.290 e. The summed E-state index contributed by atoms with van der Waals surface area (Å²) in [4.78, 5) is 10.9. The second kappa shape index (κ2) is 13.8. The molecule has 0 radical (unpaired) electrons. The van der Waals surface area contributed by atoms with E-state index in [1.54, 1.807) is 0 Å². The molecule has 0 aliphatic carbocycles. The largest absolute Gasteiger partial charge is 0.483 e. The van der Waals surface area contributed by atoms with Gasteiger partial charge in [-0.05, 0) is 25.8 Å². The fourth-order valence-electron chi connectivity index (χ4n) is 1.85. The van der Waals surface area contributed by atoms with Crippen molar-refractivity contribution in [3.63, 3.8) is 0 Å². The Labute approximate surface area is 111 Å². The number of carboxylic acid groups (broad SMARTS) is 1. The van der Waals surface area contributed by atoms with E-state index in [0.29, 0.717) is 12.6 Å². The van der Waals surface area contributed by atoms with Crippen LogP contribution in [0.1, 0.15) is 26.2 Å². The maximum absolute atomic E-state index is 8.36. The second-order valence-corrected chi connectivity index (χ2v) is 3.81. The maximum atomic E-state index is 8.36. The lowest BCUT2D eigenvalue weighted by molar-refractivity contribution is -0.122. The van der Waals surface area contributed by atoms with Crippen molar-refractivity contribution in [2.45, 2.75) is 32.3 Å². The Morgan fingerprint density at radius 1 is 1.47 bits per heavy atom. The Bertz CT molecular complexity index is 165. The predicted octanol–water partition coefficient (Wildman–Crippen LogP) is 0.650. The molecule has 1 fully saturated rings. The molecule has 1 aliphatic rings. The fourth-order valence-corrected chi connectivity index (χ4v) is 1.85. The number of hydrogen-bond donors (Lipinski definition) is 2. The van der Waals surface area contributed by atoms with E-state index in [1.807, 2.05) is 0 Å². The van der Waals surface area contributed by atoms with Crippen molar-refractivity contribution in [1.82, 2.24) is 4.90 Å². The van der Waals surface area contributed by atoms with Gasteiger partial charge in [-0.2, -0.15) is 13.5 Å². The highest BCUT2D eigenvalue weighted by atomic mass is 32.1. The quantitative estimate of drug-likeness (QED) is 0.715. The van der Waals surface area contributed by atoms with Crippen LogP contribution in [0.15, 0.2) is 0 Å². The molecule has 1 aliphatic heterocycles. The number of nitrogens with zero attached hydrogens (tertiary/aromatic N) is 1. The summed E-state index contributed by atoms with van der Waals surface area (Å²) >= 11 is 0. The minimum atomic E-state index is -0.250. The first-order valence-corrected chi connectivity index (χ1v) is 5.90. The van der Waals surface area contributed by atoms with Gasteiger partial charge in [0.15, 0.2) is 0 Å². The summed E-state index contributed by atoms with van der Waals surface area (Å²) in [6.45, 7) is 6.99. The van der Waals surface area contributed by atoms with Gasteiger partial charge in [0.25, 0.3) is 6.47 Å². The van der Waals surface area contributed by atoms with Crippen LogP contribution in [-0.4, -0.2) is 55.4 Å². The molecule has 1 heterocycles. The molecule has 0 aromatic carbocycles. The van der Waals surface area contributed by atoms with Gasteiger partial charge in [-0.25, -0.2) is 0 Å². The van der Waals surface area contributed by atoms with Crippen molar-refractivity contribution in [3.05, 3.63) is 0 Å². The molecule has 0 atom stereocenters. The van der Waals surface area contributed by atoms with E-state index in [2.05, 4.69) is 11.8 Å². The highest BCUT2D eigenvalue weighted by molar-refractivity contribution is 7.59. The molecule has 6 heteroatoms. The number of nitrogens with two attached hydrogens (primary N) is 1. The number of piperidine rings is 1. The zero-order valence-electron chi connectivity index (χ0n) is 10.6. The summed E-state index contributed by atoms with van der Waals surface area (Å²) in [5.74, 6) is 0. The zero-order valence-corrected chi connectivity index (χ0v) is 11.6. The first-order valence-electron chi connectivity index (χ1n) is 5.90. The Morgan fingerprint density at radius 3 is 2.41 bits per heavy atom. The van der Waals surface area contributed by atoms with Crippen LogP contribution in [0.25, 0.3) is 0 Å². The SMILES string of the molecule is CCCN1CCC(OCCN)CC1.O=CO.S. The molecule has 0 saturated carbocycles. The summed E-state index contributed by atoms with van der Waals surface area (Å²) in [6.07, 6.45) is 4.09. The second-order valence-electron chi connectivity index (χ2n) is 3.81. The Hall–Kier alpha value is -0.300. The van der Waals surface area contributed by atoms with E-state index in [-0.39, 0.29) is 20.0 Å². The number of rotatable bonds is 5. The molecule has 104 valence electrons. The van der Waals surface area contributed by atoms with Gasteiger partial charge in [0.05, 0.1) is 12.7 Å². The molecule has 1 rings (SSSR count). The topological polar surface area (TPSA) is 75.8 Å². The summed E-state index contributed by atoms with van der Waals surface area (Å²) in [5, 5.41) is 6.89. The van der Waals surface area contributed by atoms with E-state index in [9.17, 15) is 0 Å². The maximum Gasteiger partial charge on any atom is 0.290 e. The van der Waals surface area contributed by atoms with Gasteiger partial charge in [0.1, 0.15) is 0 Å². The standard InChI is InChI=1S/C10H22N2O.CH2O2.H2S/c1-2-6-12-7-3-10(4-8-12)13-9-5-11;2-1-3;/h10H,2-9,11H2,1H3;1H,(H,2,3);1H2. The number of ether oxygens (including phenoxy) is 1. The van der Waals surface area contributed by atoms with Crippen molar-refractivity contribution in [1.29, 1.82) is 0 Å². The van der Waals surface area contributed by atoms with Crippen molar-refractivity contribution in [2.75, 3.05) is 32.8 Å². The van der Waals surface area contributed by atoms with Gasteiger partial charge < -0.3 is 20.5 Å². The minimum absolute atomic E-state index is 0. The lowest BCUT2D eigenvalue weighted by Crippen LogP contribution is -2.37. The van der Waals surface area contributed by atoms with Gasteiger partial charge in [-0.3, -0.25) is 4.79 Å². The van der Waals surface area contributed by atoms with Crippen molar-refractivity contribution >= 4 is 20.0 Å². The average Bonchev–Trinajstić information content (AvgIpc) is 2.30. The molecule has 1 saturated heterocycles. The van der Waals surface area contributed by atoms with Crippen LogP contribution in [0, 0.1) is 0 Å². The summed E-state index contributed by atoms with van der Waals surface area (Å²) in [6, 6.07) is 0. The van der Waals surface area contributed by atoms with E-state index in [4.69, 9.17) is 20.4 Å². The first kappa shape index (κ1) is 19.0.